The van der Waals surface area contributed by atoms with Crippen molar-refractivity contribution < 1.29 is 23.1 Å². The van der Waals surface area contributed by atoms with Crippen LogP contribution in [0, 0.1) is 0 Å². The van der Waals surface area contributed by atoms with Crippen molar-refractivity contribution in [2.75, 3.05) is 0 Å². The van der Waals surface area contributed by atoms with E-state index in [2.05, 4.69) is 4.98 Å². The zero-order valence-electron chi connectivity index (χ0n) is 9.16. The molecule has 1 heterocycles. The van der Waals surface area contributed by atoms with Gasteiger partial charge in [0, 0.05) is 11.2 Å². The quantitative estimate of drug-likeness (QED) is 0.886. The molecule has 18 heavy (non-hydrogen) atoms. The van der Waals surface area contributed by atoms with Gasteiger partial charge in [-0.2, -0.15) is 13.2 Å². The fraction of sp³-hybridized carbons (Fsp3) is 0.250. The maximum absolute atomic E-state index is 12.8. The number of hydrogen-bond acceptors (Lipinski definition) is 1. The highest BCUT2D eigenvalue weighted by Gasteiger charge is 2.42. The smallest absolute Gasteiger partial charge is 0.397 e. The SMILES string of the molecule is O=C(O)CC(c1cc2ccccc2[nH]1)C(F)(F)F. The number of benzene rings is 1. The van der Waals surface area contributed by atoms with Crippen LogP contribution in [0.4, 0.5) is 13.2 Å². The summed E-state index contributed by atoms with van der Waals surface area (Å²) in [5.74, 6) is -3.49. The number of fused-ring (bicyclic) bond motifs is 1. The highest BCUT2D eigenvalue weighted by molar-refractivity contribution is 5.80. The predicted molar refractivity (Wildman–Crippen MR) is 59.3 cm³/mol. The van der Waals surface area contributed by atoms with E-state index in [1.165, 1.54) is 6.07 Å². The first-order valence-corrected chi connectivity index (χ1v) is 5.24. The first kappa shape index (κ1) is 12.5. The van der Waals surface area contributed by atoms with E-state index in [0.717, 1.165) is 0 Å². The number of carboxylic acid groups (broad SMARTS) is 1. The Balaban J connectivity index is 2.44. The van der Waals surface area contributed by atoms with Crippen LogP contribution in [0.3, 0.4) is 0 Å². The highest BCUT2D eigenvalue weighted by Crippen LogP contribution is 2.38. The molecule has 0 bridgehead atoms. The van der Waals surface area contributed by atoms with Crippen LogP contribution in [0.5, 0.6) is 0 Å². The third-order valence-corrected chi connectivity index (χ3v) is 2.70. The summed E-state index contributed by atoms with van der Waals surface area (Å²) in [6, 6.07) is 8.06. The second kappa shape index (κ2) is 4.36. The second-order valence-corrected chi connectivity index (χ2v) is 4.00. The molecule has 1 aromatic heterocycles. The van der Waals surface area contributed by atoms with Crippen LogP contribution < -0.4 is 0 Å². The number of hydrogen-bond donors (Lipinski definition) is 2. The lowest BCUT2D eigenvalue weighted by Gasteiger charge is -2.17. The van der Waals surface area contributed by atoms with Gasteiger partial charge in [0.2, 0.25) is 0 Å². The van der Waals surface area contributed by atoms with Gasteiger partial charge in [-0.3, -0.25) is 4.79 Å². The first-order valence-electron chi connectivity index (χ1n) is 5.24. The van der Waals surface area contributed by atoms with Gasteiger partial charge in [-0.1, -0.05) is 18.2 Å². The predicted octanol–water partition coefficient (Wildman–Crippen LogP) is 3.29. The average molecular weight is 257 g/mol. The summed E-state index contributed by atoms with van der Waals surface area (Å²) in [7, 11) is 0. The Morgan fingerprint density at radius 2 is 2.00 bits per heavy atom. The number of aromatic amines is 1. The Morgan fingerprint density at radius 1 is 1.33 bits per heavy atom. The van der Waals surface area contributed by atoms with Crippen LogP contribution in [0.2, 0.25) is 0 Å². The Kier molecular flexibility index (Phi) is 3.02. The Bertz CT molecular complexity index is 541. The molecule has 2 aromatic rings. The molecule has 0 saturated heterocycles. The average Bonchev–Trinajstić information content (AvgIpc) is 2.67. The van der Waals surface area contributed by atoms with E-state index in [0.29, 0.717) is 10.9 Å². The van der Waals surface area contributed by atoms with Gasteiger partial charge in [0.05, 0.1) is 6.42 Å². The van der Waals surface area contributed by atoms with Crippen molar-refractivity contribution in [2.45, 2.75) is 18.5 Å². The van der Waals surface area contributed by atoms with Crippen molar-refractivity contribution in [2.24, 2.45) is 0 Å². The van der Waals surface area contributed by atoms with Crippen LogP contribution in [0.1, 0.15) is 18.0 Å². The molecule has 2 N–H and O–H groups in total. The molecule has 0 aliphatic heterocycles. The maximum atomic E-state index is 12.8. The van der Waals surface area contributed by atoms with Gasteiger partial charge in [-0.05, 0) is 17.5 Å². The van der Waals surface area contributed by atoms with Crippen LogP contribution in [-0.2, 0) is 4.79 Å². The molecule has 1 atom stereocenters. The van der Waals surface area contributed by atoms with Crippen LogP contribution >= 0.6 is 0 Å². The van der Waals surface area contributed by atoms with E-state index < -0.39 is 24.5 Å². The number of carbonyl (C=O) groups is 1. The van der Waals surface area contributed by atoms with E-state index in [1.807, 2.05) is 0 Å². The lowest BCUT2D eigenvalue weighted by atomic mass is 10.0. The normalized spacial score (nSPS) is 13.7. The molecule has 0 fully saturated rings. The van der Waals surface area contributed by atoms with E-state index in [-0.39, 0.29) is 5.69 Å². The monoisotopic (exact) mass is 257 g/mol. The van der Waals surface area contributed by atoms with E-state index in [1.54, 1.807) is 24.3 Å². The standard InChI is InChI=1S/C12H10F3NO2/c13-12(14,15)8(6-11(17)18)10-5-7-3-1-2-4-9(7)16-10/h1-5,8,16H,6H2,(H,17,18). The van der Waals surface area contributed by atoms with Crippen molar-refractivity contribution in [3.63, 3.8) is 0 Å². The van der Waals surface area contributed by atoms with Crippen molar-refractivity contribution in [3.05, 3.63) is 36.0 Å². The number of alkyl halides is 3. The molecular weight excluding hydrogens is 247 g/mol. The third kappa shape index (κ3) is 2.47. The number of aromatic nitrogens is 1. The molecule has 6 heteroatoms. The van der Waals surface area contributed by atoms with Crippen LogP contribution in [-0.4, -0.2) is 22.2 Å². The lowest BCUT2D eigenvalue weighted by Crippen LogP contribution is -2.23. The second-order valence-electron chi connectivity index (χ2n) is 4.00. The van der Waals surface area contributed by atoms with Gasteiger partial charge in [-0.25, -0.2) is 0 Å². The molecule has 0 saturated carbocycles. The summed E-state index contributed by atoms with van der Waals surface area (Å²) < 4.78 is 38.4. The van der Waals surface area contributed by atoms with Crippen LogP contribution in [0.15, 0.2) is 30.3 Å². The Hall–Kier alpha value is -1.98. The maximum Gasteiger partial charge on any atom is 0.397 e. The summed E-state index contributed by atoms with van der Waals surface area (Å²) in [5, 5.41) is 9.20. The van der Waals surface area contributed by atoms with Gasteiger partial charge in [0.1, 0.15) is 5.92 Å². The van der Waals surface area contributed by atoms with Gasteiger partial charge in [-0.15, -0.1) is 0 Å². The van der Waals surface area contributed by atoms with Gasteiger partial charge in [0.25, 0.3) is 0 Å². The van der Waals surface area contributed by atoms with Crippen molar-refractivity contribution in [1.82, 2.24) is 4.98 Å². The summed E-state index contributed by atoms with van der Waals surface area (Å²) >= 11 is 0. The van der Waals surface area contributed by atoms with Crippen LogP contribution in [0.25, 0.3) is 10.9 Å². The lowest BCUT2D eigenvalue weighted by molar-refractivity contribution is -0.163. The topological polar surface area (TPSA) is 53.1 Å². The van der Waals surface area contributed by atoms with Gasteiger partial charge < -0.3 is 10.1 Å². The van der Waals surface area contributed by atoms with Gasteiger partial charge >= 0.3 is 12.1 Å². The Morgan fingerprint density at radius 3 is 2.56 bits per heavy atom. The number of halogens is 3. The molecule has 0 amide bonds. The van der Waals surface area contributed by atoms with Gasteiger partial charge in [0.15, 0.2) is 0 Å². The summed E-state index contributed by atoms with van der Waals surface area (Å²) in [4.78, 5) is 13.2. The fourth-order valence-electron chi connectivity index (χ4n) is 1.86. The Labute approximate surface area is 100 Å². The molecule has 2 rings (SSSR count). The van der Waals surface area contributed by atoms with Crippen molar-refractivity contribution in [1.29, 1.82) is 0 Å². The summed E-state index contributed by atoms with van der Waals surface area (Å²) in [5.41, 5.74) is 0.443. The molecule has 1 aromatic carbocycles. The zero-order valence-corrected chi connectivity index (χ0v) is 9.16. The molecular formula is C12H10F3NO2. The molecule has 0 spiro atoms. The molecule has 3 nitrogen and oxygen atoms in total. The number of rotatable bonds is 3. The molecule has 0 aliphatic carbocycles. The molecule has 0 radical (unpaired) electrons. The molecule has 0 aliphatic rings. The number of carboxylic acids is 1. The first-order chi connectivity index (χ1) is 8.38. The number of H-pyrrole nitrogens is 1. The van der Waals surface area contributed by atoms with E-state index >= 15 is 0 Å². The highest BCUT2D eigenvalue weighted by atomic mass is 19.4. The number of nitrogens with one attached hydrogen (secondary N) is 1. The van der Waals surface area contributed by atoms with Crippen molar-refractivity contribution in [3.8, 4) is 0 Å². The largest absolute Gasteiger partial charge is 0.481 e. The fourth-order valence-corrected chi connectivity index (χ4v) is 1.86. The minimum Gasteiger partial charge on any atom is -0.481 e. The minimum atomic E-state index is -4.58. The van der Waals surface area contributed by atoms with E-state index in [9.17, 15) is 18.0 Å². The summed E-state index contributed by atoms with van der Waals surface area (Å²) in [6.07, 6.45) is -5.56. The molecule has 96 valence electrons. The third-order valence-electron chi connectivity index (χ3n) is 2.70. The van der Waals surface area contributed by atoms with Crippen molar-refractivity contribution >= 4 is 16.9 Å². The molecule has 1 unspecified atom stereocenters. The van der Waals surface area contributed by atoms with E-state index in [4.69, 9.17) is 5.11 Å². The zero-order chi connectivity index (χ0) is 13.3. The minimum absolute atomic E-state index is 0.119. The number of para-hydroxylation sites is 1. The number of aliphatic carboxylic acids is 1. The summed E-state index contributed by atoms with van der Waals surface area (Å²) in [6.45, 7) is 0.